The third-order valence-electron chi connectivity index (χ3n) is 4.83. The molecular weight excluding hydrogens is 356 g/mol. The van der Waals surface area contributed by atoms with Gasteiger partial charge < -0.3 is 0 Å². The van der Waals surface area contributed by atoms with Crippen LogP contribution < -0.4 is 0 Å². The molecular formula is C19H38O4S2. The summed E-state index contributed by atoms with van der Waals surface area (Å²) >= 11 is 4.81. The van der Waals surface area contributed by atoms with Crippen molar-refractivity contribution in [3.63, 3.8) is 0 Å². The third kappa shape index (κ3) is 11.3. The Morgan fingerprint density at radius 2 is 1.44 bits per heavy atom. The molecule has 1 N–H and O–H groups in total. The first kappa shape index (κ1) is 24.9. The lowest BCUT2D eigenvalue weighted by Gasteiger charge is -2.30. The highest BCUT2D eigenvalue weighted by molar-refractivity contribution is 7.85. The molecule has 0 aromatic heterocycles. The van der Waals surface area contributed by atoms with Gasteiger partial charge in [0, 0.05) is 5.92 Å². The van der Waals surface area contributed by atoms with Gasteiger partial charge in [0.1, 0.15) is 0 Å². The molecule has 0 saturated heterocycles. The molecule has 0 aromatic carbocycles. The van der Waals surface area contributed by atoms with Crippen LogP contribution in [0.4, 0.5) is 0 Å². The number of unbranched alkanes of at least 4 members (excludes halogenated alkanes) is 3. The van der Waals surface area contributed by atoms with Crippen molar-refractivity contribution < 1.29 is 17.8 Å². The molecule has 1 fully saturated rings. The summed E-state index contributed by atoms with van der Waals surface area (Å²) in [5.74, 6) is 0.671. The zero-order valence-corrected chi connectivity index (χ0v) is 18.0. The zero-order valence-electron chi connectivity index (χ0n) is 16.3. The van der Waals surface area contributed by atoms with Crippen molar-refractivity contribution in [1.82, 2.24) is 0 Å². The van der Waals surface area contributed by atoms with E-state index < -0.39 is 10.1 Å². The summed E-state index contributed by atoms with van der Waals surface area (Å²) in [4.78, 5) is 12.6. The predicted octanol–water partition coefficient (Wildman–Crippen LogP) is 5.47. The Morgan fingerprint density at radius 3 is 1.76 bits per heavy atom. The molecule has 1 rings (SSSR count). The molecule has 0 aromatic rings. The van der Waals surface area contributed by atoms with Crippen molar-refractivity contribution in [2.75, 3.05) is 5.75 Å². The Hall–Kier alpha value is -0.0700. The van der Waals surface area contributed by atoms with E-state index in [0.29, 0.717) is 18.1 Å². The molecule has 0 atom stereocenters. The number of rotatable bonds is 11. The molecule has 0 aliphatic heterocycles. The highest BCUT2D eigenvalue weighted by Crippen LogP contribution is 2.37. The van der Waals surface area contributed by atoms with E-state index in [4.69, 9.17) is 17.2 Å². The molecule has 150 valence electrons. The number of Topliss-reactive ketones (excluding diaryl/α,β-unsaturated/α-hetero) is 1. The molecule has 1 aliphatic carbocycles. The predicted molar refractivity (Wildman–Crippen MR) is 109 cm³/mol. The van der Waals surface area contributed by atoms with E-state index in [1.165, 1.54) is 12.8 Å². The van der Waals surface area contributed by atoms with Crippen LogP contribution in [0.25, 0.3) is 0 Å². The topological polar surface area (TPSA) is 71.4 Å². The Kier molecular flexibility index (Phi) is 13.1. The highest BCUT2D eigenvalue weighted by atomic mass is 32.2. The van der Waals surface area contributed by atoms with Crippen LogP contribution in [0.15, 0.2) is 0 Å². The van der Waals surface area contributed by atoms with Crippen LogP contribution in [-0.4, -0.2) is 29.3 Å². The largest absolute Gasteiger partial charge is 0.298 e. The standard InChI is InChI=1S/C15H28OS.C4H10O3S/c1-3-5-11-15(17,12-6-4-2)14(16)13-9-7-8-10-13;1-2-3-4-8(5,6)7/h13,17H,3-12H2,1-2H3;2-4H2,1H3,(H,5,6,7). The van der Waals surface area contributed by atoms with Crippen molar-refractivity contribution in [2.24, 2.45) is 5.92 Å². The Labute approximate surface area is 160 Å². The Morgan fingerprint density at radius 1 is 1.00 bits per heavy atom. The molecule has 0 bridgehead atoms. The van der Waals surface area contributed by atoms with E-state index in [-0.39, 0.29) is 10.5 Å². The fourth-order valence-electron chi connectivity index (χ4n) is 3.20. The molecule has 6 heteroatoms. The van der Waals surface area contributed by atoms with Crippen LogP contribution in [0, 0.1) is 5.92 Å². The summed E-state index contributed by atoms with van der Waals surface area (Å²) in [7, 11) is -3.69. The number of hydrogen-bond acceptors (Lipinski definition) is 4. The van der Waals surface area contributed by atoms with E-state index >= 15 is 0 Å². The van der Waals surface area contributed by atoms with Gasteiger partial charge >= 0.3 is 0 Å². The SMILES string of the molecule is CCCCC(S)(CCCC)C(=O)C1CCCC1.CCCCS(=O)(=O)O. The second kappa shape index (κ2) is 13.2. The molecule has 0 amide bonds. The van der Waals surface area contributed by atoms with Gasteiger partial charge in [-0.3, -0.25) is 9.35 Å². The second-order valence-corrected chi connectivity index (χ2v) is 9.65. The molecule has 25 heavy (non-hydrogen) atoms. The Bertz CT molecular complexity index is 446. The summed E-state index contributed by atoms with van der Waals surface area (Å²) in [6.07, 6.45) is 12.6. The van der Waals surface area contributed by atoms with E-state index in [1.807, 2.05) is 6.92 Å². The van der Waals surface area contributed by atoms with E-state index in [9.17, 15) is 13.2 Å². The van der Waals surface area contributed by atoms with Gasteiger partial charge in [-0.05, 0) is 32.1 Å². The summed E-state index contributed by atoms with van der Waals surface area (Å²) in [6.45, 7) is 6.24. The van der Waals surface area contributed by atoms with Crippen molar-refractivity contribution >= 4 is 28.5 Å². The zero-order chi connectivity index (χ0) is 19.3. The maximum Gasteiger partial charge on any atom is 0.264 e. The van der Waals surface area contributed by atoms with E-state index in [2.05, 4.69) is 13.8 Å². The summed E-state index contributed by atoms with van der Waals surface area (Å²) in [5.41, 5.74) is 0. The molecule has 0 unspecified atom stereocenters. The molecule has 1 aliphatic rings. The van der Waals surface area contributed by atoms with Gasteiger partial charge in [-0.15, -0.1) is 0 Å². The lowest BCUT2D eigenvalue weighted by molar-refractivity contribution is -0.125. The molecule has 0 radical (unpaired) electrons. The van der Waals surface area contributed by atoms with Crippen molar-refractivity contribution in [3.8, 4) is 0 Å². The summed E-state index contributed by atoms with van der Waals surface area (Å²) in [6, 6.07) is 0. The van der Waals surface area contributed by atoms with Gasteiger partial charge in [-0.1, -0.05) is 65.7 Å². The van der Waals surface area contributed by atoms with E-state index in [0.717, 1.165) is 57.8 Å². The van der Waals surface area contributed by atoms with Crippen molar-refractivity contribution in [2.45, 2.75) is 103 Å². The average Bonchev–Trinajstić information content (AvgIpc) is 3.10. The molecule has 4 nitrogen and oxygen atoms in total. The van der Waals surface area contributed by atoms with Gasteiger partial charge in [0.05, 0.1) is 10.5 Å². The lowest BCUT2D eigenvalue weighted by Crippen LogP contribution is -2.37. The summed E-state index contributed by atoms with van der Waals surface area (Å²) in [5, 5.41) is 0. The minimum absolute atomic E-state index is 0.108. The fourth-order valence-corrected chi connectivity index (χ4v) is 4.36. The second-order valence-electron chi connectivity index (χ2n) is 7.22. The highest BCUT2D eigenvalue weighted by Gasteiger charge is 2.38. The minimum Gasteiger partial charge on any atom is -0.298 e. The smallest absolute Gasteiger partial charge is 0.264 e. The monoisotopic (exact) mass is 394 g/mol. The molecule has 0 spiro atoms. The third-order valence-corrected chi connectivity index (χ3v) is 6.30. The van der Waals surface area contributed by atoms with Crippen LogP contribution in [0.5, 0.6) is 0 Å². The fraction of sp³-hybridized carbons (Fsp3) is 0.947. The number of hydrogen-bond donors (Lipinski definition) is 2. The normalized spacial score (nSPS) is 15.7. The van der Waals surface area contributed by atoms with Gasteiger partial charge in [-0.25, -0.2) is 0 Å². The van der Waals surface area contributed by atoms with Gasteiger partial charge in [0.25, 0.3) is 10.1 Å². The molecule has 1 saturated carbocycles. The quantitative estimate of drug-likeness (QED) is 0.360. The Balaban J connectivity index is 0.000000609. The van der Waals surface area contributed by atoms with Crippen LogP contribution in [0.2, 0.25) is 0 Å². The van der Waals surface area contributed by atoms with Crippen LogP contribution in [0.1, 0.15) is 97.8 Å². The number of carbonyl (C=O) groups excluding carboxylic acids is 1. The first-order valence-electron chi connectivity index (χ1n) is 9.92. The molecule has 0 heterocycles. The van der Waals surface area contributed by atoms with Crippen LogP contribution in [0.3, 0.4) is 0 Å². The number of carbonyl (C=O) groups is 1. The van der Waals surface area contributed by atoms with Crippen molar-refractivity contribution in [1.29, 1.82) is 0 Å². The van der Waals surface area contributed by atoms with Crippen LogP contribution in [-0.2, 0) is 14.9 Å². The summed E-state index contributed by atoms with van der Waals surface area (Å²) < 4.78 is 27.7. The minimum atomic E-state index is -3.69. The maximum absolute atomic E-state index is 12.6. The van der Waals surface area contributed by atoms with Crippen molar-refractivity contribution in [3.05, 3.63) is 0 Å². The van der Waals surface area contributed by atoms with Gasteiger partial charge in [0.15, 0.2) is 5.78 Å². The van der Waals surface area contributed by atoms with E-state index in [1.54, 1.807) is 0 Å². The van der Waals surface area contributed by atoms with Crippen LogP contribution >= 0.6 is 12.6 Å². The maximum atomic E-state index is 12.6. The van der Waals surface area contributed by atoms with Gasteiger partial charge in [-0.2, -0.15) is 21.0 Å². The average molecular weight is 395 g/mol. The first-order valence-corrected chi connectivity index (χ1v) is 12.0. The first-order chi connectivity index (χ1) is 11.7. The number of thiol groups is 1. The number of ketones is 1. The lowest BCUT2D eigenvalue weighted by atomic mass is 9.84. The van der Waals surface area contributed by atoms with Gasteiger partial charge in [0.2, 0.25) is 0 Å².